The summed E-state index contributed by atoms with van der Waals surface area (Å²) in [7, 11) is 0. The molecule has 2 rings (SSSR count). The summed E-state index contributed by atoms with van der Waals surface area (Å²) < 4.78 is 0. The van der Waals surface area contributed by atoms with Crippen molar-refractivity contribution in [3.05, 3.63) is 24.3 Å². The number of benzene rings is 1. The maximum atomic E-state index is 10.8. The molecule has 104 valence electrons. The second kappa shape index (κ2) is 5.51. The number of carbonyl (C=O) groups excluding carboxylic acids is 1. The highest BCUT2D eigenvalue weighted by atomic mass is 16.2. The van der Waals surface area contributed by atoms with Crippen molar-refractivity contribution in [3.8, 4) is 0 Å². The quantitative estimate of drug-likeness (QED) is 0.778. The van der Waals surface area contributed by atoms with Crippen LogP contribution < -0.4 is 16.4 Å². The number of primary amides is 1. The minimum absolute atomic E-state index is 0.416. The van der Waals surface area contributed by atoms with Gasteiger partial charge in [-0.1, -0.05) is 26.3 Å². The van der Waals surface area contributed by atoms with Gasteiger partial charge in [-0.2, -0.15) is 0 Å². The normalized spacial score (nSPS) is 21.7. The van der Waals surface area contributed by atoms with E-state index in [0.29, 0.717) is 11.5 Å². The largest absolute Gasteiger partial charge is 0.382 e. The molecule has 0 bridgehead atoms. The highest BCUT2D eigenvalue weighted by Crippen LogP contribution is 2.36. The van der Waals surface area contributed by atoms with Crippen LogP contribution in [-0.2, 0) is 0 Å². The number of nitrogens with two attached hydrogens (primary N) is 1. The van der Waals surface area contributed by atoms with Crippen LogP contribution in [-0.4, -0.2) is 12.1 Å². The number of urea groups is 1. The smallest absolute Gasteiger partial charge is 0.316 e. The van der Waals surface area contributed by atoms with Gasteiger partial charge in [0.15, 0.2) is 0 Å². The van der Waals surface area contributed by atoms with Crippen molar-refractivity contribution in [1.82, 2.24) is 0 Å². The average molecular weight is 261 g/mol. The number of amides is 2. The number of anilines is 2. The molecular weight excluding hydrogens is 238 g/mol. The zero-order chi connectivity index (χ0) is 13.9. The third kappa shape index (κ3) is 4.16. The van der Waals surface area contributed by atoms with Crippen molar-refractivity contribution < 1.29 is 4.79 Å². The van der Waals surface area contributed by atoms with Crippen LogP contribution in [0.15, 0.2) is 24.3 Å². The molecule has 1 aromatic carbocycles. The summed E-state index contributed by atoms with van der Waals surface area (Å²) in [5.41, 5.74) is 7.30. The van der Waals surface area contributed by atoms with Gasteiger partial charge < -0.3 is 16.4 Å². The van der Waals surface area contributed by atoms with Gasteiger partial charge >= 0.3 is 6.03 Å². The molecule has 0 aromatic heterocycles. The molecule has 0 spiro atoms. The lowest BCUT2D eigenvalue weighted by atomic mass is 9.75. The Balaban J connectivity index is 2.00. The van der Waals surface area contributed by atoms with Gasteiger partial charge in [0, 0.05) is 17.4 Å². The number of rotatable bonds is 3. The van der Waals surface area contributed by atoms with Gasteiger partial charge in [-0.3, -0.25) is 0 Å². The van der Waals surface area contributed by atoms with E-state index < -0.39 is 6.03 Å². The molecule has 1 fully saturated rings. The molecule has 2 amide bonds. The second-order valence-corrected chi connectivity index (χ2v) is 6.17. The summed E-state index contributed by atoms with van der Waals surface area (Å²) in [6.45, 7) is 4.65. The van der Waals surface area contributed by atoms with Gasteiger partial charge in [0.05, 0.1) is 0 Å². The predicted octanol–water partition coefficient (Wildman–Crippen LogP) is 3.56. The maximum absolute atomic E-state index is 10.8. The topological polar surface area (TPSA) is 67.2 Å². The number of hydrogen-bond acceptors (Lipinski definition) is 2. The van der Waals surface area contributed by atoms with E-state index in [1.54, 1.807) is 0 Å². The third-order valence-corrected chi connectivity index (χ3v) is 3.71. The first kappa shape index (κ1) is 13.7. The number of hydrogen-bond donors (Lipinski definition) is 3. The lowest BCUT2D eigenvalue weighted by molar-refractivity contribution is 0.229. The van der Waals surface area contributed by atoms with Crippen LogP contribution >= 0.6 is 0 Å². The standard InChI is InChI=1S/C15H23N3O/c1-15(2)8-4-7-13(10-15)17-11-5-3-6-12(9-11)18-14(16)19/h3,5-6,9,13,17H,4,7-8,10H2,1-2H3,(H3,16,18,19). The fourth-order valence-corrected chi connectivity index (χ4v) is 2.89. The van der Waals surface area contributed by atoms with Crippen molar-refractivity contribution in [1.29, 1.82) is 0 Å². The van der Waals surface area contributed by atoms with Crippen LogP contribution in [0.1, 0.15) is 39.5 Å². The van der Waals surface area contributed by atoms with Crippen LogP contribution in [0.4, 0.5) is 16.2 Å². The molecule has 19 heavy (non-hydrogen) atoms. The van der Waals surface area contributed by atoms with Crippen molar-refractivity contribution >= 4 is 17.4 Å². The molecule has 4 nitrogen and oxygen atoms in total. The zero-order valence-electron chi connectivity index (χ0n) is 11.7. The van der Waals surface area contributed by atoms with Crippen molar-refractivity contribution in [2.45, 2.75) is 45.6 Å². The summed E-state index contributed by atoms with van der Waals surface area (Å²) in [5.74, 6) is 0. The molecule has 0 saturated heterocycles. The van der Waals surface area contributed by atoms with Crippen LogP contribution in [0, 0.1) is 5.41 Å². The fourth-order valence-electron chi connectivity index (χ4n) is 2.89. The van der Waals surface area contributed by atoms with Crippen molar-refractivity contribution in [2.75, 3.05) is 10.6 Å². The fraction of sp³-hybridized carbons (Fsp3) is 0.533. The van der Waals surface area contributed by atoms with Crippen LogP contribution in [0.5, 0.6) is 0 Å². The van der Waals surface area contributed by atoms with Crippen LogP contribution in [0.25, 0.3) is 0 Å². The van der Waals surface area contributed by atoms with E-state index in [1.165, 1.54) is 25.7 Å². The summed E-state index contributed by atoms with van der Waals surface area (Å²) in [4.78, 5) is 10.8. The molecule has 0 heterocycles. The van der Waals surface area contributed by atoms with Gasteiger partial charge in [0.25, 0.3) is 0 Å². The van der Waals surface area contributed by atoms with E-state index in [9.17, 15) is 4.79 Å². The van der Waals surface area contributed by atoms with Crippen molar-refractivity contribution in [3.63, 3.8) is 0 Å². The zero-order valence-corrected chi connectivity index (χ0v) is 11.7. The van der Waals surface area contributed by atoms with Crippen molar-refractivity contribution in [2.24, 2.45) is 11.1 Å². The Morgan fingerprint density at radius 3 is 2.79 bits per heavy atom. The molecule has 1 aliphatic rings. The molecule has 1 saturated carbocycles. The summed E-state index contributed by atoms with van der Waals surface area (Å²) in [5, 5.41) is 6.16. The van der Waals surface area contributed by atoms with Gasteiger partial charge in [-0.15, -0.1) is 0 Å². The number of carbonyl (C=O) groups is 1. The predicted molar refractivity (Wildman–Crippen MR) is 79.3 cm³/mol. The lowest BCUT2D eigenvalue weighted by Crippen LogP contribution is -2.31. The van der Waals surface area contributed by atoms with Crippen LogP contribution in [0.2, 0.25) is 0 Å². The molecule has 4 N–H and O–H groups in total. The molecular formula is C15H23N3O. The Labute approximate surface area is 114 Å². The Hall–Kier alpha value is -1.71. The highest BCUT2D eigenvalue weighted by molar-refractivity contribution is 5.88. The second-order valence-electron chi connectivity index (χ2n) is 6.17. The molecule has 0 aliphatic heterocycles. The lowest BCUT2D eigenvalue weighted by Gasteiger charge is -2.36. The van der Waals surface area contributed by atoms with Gasteiger partial charge in [-0.05, 0) is 42.9 Å². The molecule has 0 radical (unpaired) electrons. The SMILES string of the molecule is CC1(C)CCCC(Nc2cccc(NC(N)=O)c2)C1. The highest BCUT2D eigenvalue weighted by Gasteiger charge is 2.27. The summed E-state index contributed by atoms with van der Waals surface area (Å²) in [6.07, 6.45) is 4.95. The monoisotopic (exact) mass is 261 g/mol. The minimum atomic E-state index is -0.532. The average Bonchev–Trinajstić information content (AvgIpc) is 2.26. The van der Waals surface area contributed by atoms with E-state index in [1.807, 2.05) is 24.3 Å². The molecule has 1 aliphatic carbocycles. The number of nitrogens with one attached hydrogen (secondary N) is 2. The molecule has 4 heteroatoms. The Kier molecular flexibility index (Phi) is 3.98. The van der Waals surface area contributed by atoms with Crippen LogP contribution in [0.3, 0.4) is 0 Å². The molecule has 1 unspecified atom stereocenters. The van der Waals surface area contributed by atoms with Gasteiger partial charge in [0.2, 0.25) is 0 Å². The first-order valence-electron chi connectivity index (χ1n) is 6.88. The maximum Gasteiger partial charge on any atom is 0.316 e. The molecule has 1 aromatic rings. The van der Waals surface area contributed by atoms with E-state index in [0.717, 1.165) is 11.4 Å². The van der Waals surface area contributed by atoms with Gasteiger partial charge in [-0.25, -0.2) is 4.79 Å². The Bertz CT molecular complexity index is 456. The van der Waals surface area contributed by atoms with Gasteiger partial charge in [0.1, 0.15) is 0 Å². The minimum Gasteiger partial charge on any atom is -0.382 e. The third-order valence-electron chi connectivity index (χ3n) is 3.71. The summed E-state index contributed by atoms with van der Waals surface area (Å²) in [6, 6.07) is 7.67. The van der Waals surface area contributed by atoms with E-state index in [2.05, 4.69) is 24.5 Å². The first-order valence-corrected chi connectivity index (χ1v) is 6.88. The van der Waals surface area contributed by atoms with E-state index >= 15 is 0 Å². The van der Waals surface area contributed by atoms with E-state index in [-0.39, 0.29) is 0 Å². The molecule has 1 atom stereocenters. The first-order chi connectivity index (χ1) is 8.94. The Morgan fingerprint density at radius 2 is 2.11 bits per heavy atom. The summed E-state index contributed by atoms with van der Waals surface area (Å²) >= 11 is 0. The Morgan fingerprint density at radius 1 is 1.37 bits per heavy atom. The van der Waals surface area contributed by atoms with E-state index in [4.69, 9.17) is 5.73 Å².